The first-order chi connectivity index (χ1) is 11.0. The Morgan fingerprint density at radius 3 is 2.78 bits per heavy atom. The number of benzene rings is 1. The Balaban J connectivity index is 1.91. The molecule has 1 N–H and O–H groups in total. The third-order valence-corrected chi connectivity index (χ3v) is 3.80. The Hall–Kier alpha value is -2.45. The zero-order valence-electron chi connectivity index (χ0n) is 11.7. The Kier molecular flexibility index (Phi) is 5.67. The molecular formula is C14H11ClN2O5S. The number of carbonyl (C=O) groups is 2. The van der Waals surface area contributed by atoms with E-state index < -0.39 is 23.4 Å². The van der Waals surface area contributed by atoms with Crippen LogP contribution in [0.3, 0.4) is 0 Å². The van der Waals surface area contributed by atoms with Gasteiger partial charge in [-0.2, -0.15) is 0 Å². The van der Waals surface area contributed by atoms with Gasteiger partial charge in [-0.3, -0.25) is 19.7 Å². The Morgan fingerprint density at radius 1 is 1.35 bits per heavy atom. The monoisotopic (exact) mass is 354 g/mol. The summed E-state index contributed by atoms with van der Waals surface area (Å²) in [6.07, 6.45) is 0.0717. The first-order valence-electron chi connectivity index (χ1n) is 6.37. The van der Waals surface area contributed by atoms with Crippen molar-refractivity contribution >= 4 is 46.2 Å². The topological polar surface area (TPSA) is 98.5 Å². The smallest absolute Gasteiger partial charge is 0.311 e. The van der Waals surface area contributed by atoms with Crippen LogP contribution < -0.4 is 5.32 Å². The number of thiophene rings is 1. The molecule has 23 heavy (non-hydrogen) atoms. The molecule has 9 heteroatoms. The lowest BCUT2D eigenvalue weighted by Gasteiger charge is -2.07. The standard InChI is InChI=1S/C14H11ClN2O5S/c15-9-3-4-12(17(20)21)11(6-9)16-13(18)8-22-14(19)7-10-2-1-5-23-10/h1-6H,7-8H2,(H,16,18). The second kappa shape index (κ2) is 7.70. The summed E-state index contributed by atoms with van der Waals surface area (Å²) in [4.78, 5) is 34.4. The molecule has 1 heterocycles. The van der Waals surface area contributed by atoms with E-state index in [1.54, 1.807) is 12.1 Å². The van der Waals surface area contributed by atoms with E-state index in [2.05, 4.69) is 5.32 Å². The third kappa shape index (κ3) is 5.04. The van der Waals surface area contributed by atoms with Crippen molar-refractivity contribution in [1.82, 2.24) is 0 Å². The number of esters is 1. The highest BCUT2D eigenvalue weighted by atomic mass is 35.5. The lowest BCUT2D eigenvalue weighted by Crippen LogP contribution is -2.22. The van der Waals surface area contributed by atoms with Crippen molar-refractivity contribution in [2.45, 2.75) is 6.42 Å². The minimum absolute atomic E-state index is 0.0539. The van der Waals surface area contributed by atoms with E-state index in [1.165, 1.54) is 29.5 Å². The lowest BCUT2D eigenvalue weighted by molar-refractivity contribution is -0.383. The molecule has 1 aromatic heterocycles. The van der Waals surface area contributed by atoms with Gasteiger partial charge in [0.1, 0.15) is 5.69 Å². The molecule has 0 aliphatic heterocycles. The van der Waals surface area contributed by atoms with Crippen LogP contribution in [-0.4, -0.2) is 23.4 Å². The number of halogens is 1. The van der Waals surface area contributed by atoms with Crippen LogP contribution in [0.1, 0.15) is 4.88 Å². The summed E-state index contributed by atoms with van der Waals surface area (Å²) in [5.74, 6) is -1.24. The molecule has 1 aromatic carbocycles. The molecule has 0 saturated carbocycles. The minimum atomic E-state index is -0.685. The van der Waals surface area contributed by atoms with Gasteiger partial charge < -0.3 is 10.1 Å². The van der Waals surface area contributed by atoms with E-state index in [0.29, 0.717) is 0 Å². The normalized spacial score (nSPS) is 10.1. The molecule has 0 spiro atoms. The number of nitrogens with one attached hydrogen (secondary N) is 1. The number of nitro groups is 1. The van der Waals surface area contributed by atoms with Gasteiger partial charge in [0, 0.05) is 16.0 Å². The number of carbonyl (C=O) groups excluding carboxylic acids is 2. The van der Waals surface area contributed by atoms with Crippen molar-refractivity contribution < 1.29 is 19.2 Å². The molecule has 0 fully saturated rings. The molecule has 120 valence electrons. The van der Waals surface area contributed by atoms with Crippen LogP contribution in [0.4, 0.5) is 11.4 Å². The number of amides is 1. The van der Waals surface area contributed by atoms with Crippen molar-refractivity contribution in [2.24, 2.45) is 0 Å². The molecule has 0 aliphatic carbocycles. The zero-order chi connectivity index (χ0) is 16.8. The molecule has 2 rings (SSSR count). The van der Waals surface area contributed by atoms with Crippen molar-refractivity contribution in [3.8, 4) is 0 Å². The first kappa shape index (κ1) is 16.9. The van der Waals surface area contributed by atoms with E-state index in [9.17, 15) is 19.7 Å². The highest BCUT2D eigenvalue weighted by Gasteiger charge is 2.17. The van der Waals surface area contributed by atoms with Gasteiger partial charge in [0.2, 0.25) is 0 Å². The predicted molar refractivity (Wildman–Crippen MR) is 85.7 cm³/mol. The van der Waals surface area contributed by atoms with Crippen molar-refractivity contribution in [2.75, 3.05) is 11.9 Å². The van der Waals surface area contributed by atoms with Crippen LogP contribution in [0.2, 0.25) is 5.02 Å². The van der Waals surface area contributed by atoms with Crippen molar-refractivity contribution in [3.63, 3.8) is 0 Å². The maximum atomic E-state index is 11.8. The molecule has 0 unspecified atom stereocenters. The highest BCUT2D eigenvalue weighted by Crippen LogP contribution is 2.27. The van der Waals surface area contributed by atoms with Gasteiger partial charge in [-0.25, -0.2) is 0 Å². The van der Waals surface area contributed by atoms with Crippen LogP contribution in [0, 0.1) is 10.1 Å². The average Bonchev–Trinajstić information content (AvgIpc) is 2.98. The molecule has 0 saturated heterocycles. The number of nitrogens with zero attached hydrogens (tertiary/aromatic N) is 1. The van der Waals surface area contributed by atoms with E-state index in [4.69, 9.17) is 16.3 Å². The summed E-state index contributed by atoms with van der Waals surface area (Å²) < 4.78 is 4.83. The van der Waals surface area contributed by atoms with Crippen molar-refractivity contribution in [3.05, 3.63) is 55.7 Å². The number of hydrogen-bond acceptors (Lipinski definition) is 6. The zero-order valence-corrected chi connectivity index (χ0v) is 13.2. The SMILES string of the molecule is O=C(COC(=O)Cc1cccs1)Nc1cc(Cl)ccc1[N+](=O)[O-]. The molecule has 0 radical (unpaired) electrons. The van der Waals surface area contributed by atoms with Crippen molar-refractivity contribution in [1.29, 1.82) is 0 Å². The quantitative estimate of drug-likeness (QED) is 0.488. The van der Waals surface area contributed by atoms with E-state index in [0.717, 1.165) is 4.88 Å². The van der Waals surface area contributed by atoms with Gasteiger partial charge in [0.25, 0.3) is 11.6 Å². The fraction of sp³-hybridized carbons (Fsp3) is 0.143. The van der Waals surface area contributed by atoms with Gasteiger partial charge in [0.15, 0.2) is 6.61 Å². The summed E-state index contributed by atoms with van der Waals surface area (Å²) >= 11 is 7.16. The second-order valence-corrected chi connectivity index (χ2v) is 5.85. The van der Waals surface area contributed by atoms with Crippen LogP contribution in [0.25, 0.3) is 0 Å². The minimum Gasteiger partial charge on any atom is -0.455 e. The third-order valence-electron chi connectivity index (χ3n) is 2.69. The van der Waals surface area contributed by atoms with Gasteiger partial charge in [-0.15, -0.1) is 11.3 Å². The molecule has 0 atom stereocenters. The van der Waals surface area contributed by atoms with Crippen LogP contribution >= 0.6 is 22.9 Å². The van der Waals surface area contributed by atoms with Crippen LogP contribution in [-0.2, 0) is 20.7 Å². The highest BCUT2D eigenvalue weighted by molar-refractivity contribution is 7.10. The summed E-state index contributed by atoms with van der Waals surface area (Å²) in [7, 11) is 0. The average molecular weight is 355 g/mol. The summed E-state index contributed by atoms with van der Waals surface area (Å²) in [5.41, 5.74) is -0.352. The fourth-order valence-electron chi connectivity index (χ4n) is 1.71. The summed E-state index contributed by atoms with van der Waals surface area (Å²) in [5, 5.41) is 15.3. The lowest BCUT2D eigenvalue weighted by atomic mass is 10.2. The van der Waals surface area contributed by atoms with Gasteiger partial charge in [-0.05, 0) is 23.6 Å². The van der Waals surface area contributed by atoms with Crippen LogP contribution in [0.5, 0.6) is 0 Å². The summed E-state index contributed by atoms with van der Waals surface area (Å²) in [6, 6.07) is 7.36. The predicted octanol–water partition coefficient (Wildman–Crippen LogP) is 3.03. The first-order valence-corrected chi connectivity index (χ1v) is 7.63. The Morgan fingerprint density at radius 2 is 2.13 bits per heavy atom. The van der Waals surface area contributed by atoms with Gasteiger partial charge in [0.05, 0.1) is 11.3 Å². The molecule has 0 aliphatic rings. The maximum Gasteiger partial charge on any atom is 0.311 e. The van der Waals surface area contributed by atoms with E-state index in [1.807, 2.05) is 5.38 Å². The molecule has 7 nitrogen and oxygen atoms in total. The molecule has 1 amide bonds. The Labute approximate surface area is 140 Å². The van der Waals surface area contributed by atoms with Gasteiger partial charge in [-0.1, -0.05) is 17.7 Å². The molecular weight excluding hydrogens is 344 g/mol. The number of hydrogen-bond donors (Lipinski definition) is 1. The molecule has 2 aromatic rings. The summed E-state index contributed by atoms with van der Waals surface area (Å²) in [6.45, 7) is -0.534. The second-order valence-electron chi connectivity index (χ2n) is 4.38. The number of rotatable bonds is 6. The number of nitro benzene ring substituents is 1. The largest absolute Gasteiger partial charge is 0.455 e. The van der Waals surface area contributed by atoms with E-state index >= 15 is 0 Å². The molecule has 0 bridgehead atoms. The Bertz CT molecular complexity index is 733. The fourth-order valence-corrected chi connectivity index (χ4v) is 2.57. The van der Waals surface area contributed by atoms with Gasteiger partial charge >= 0.3 is 5.97 Å². The van der Waals surface area contributed by atoms with E-state index in [-0.39, 0.29) is 22.8 Å². The number of ether oxygens (including phenoxy) is 1. The number of anilines is 1. The maximum absolute atomic E-state index is 11.8. The van der Waals surface area contributed by atoms with Crippen LogP contribution in [0.15, 0.2) is 35.7 Å².